The summed E-state index contributed by atoms with van der Waals surface area (Å²) in [6.07, 6.45) is 6.86. The average molecular weight is 858 g/mol. The van der Waals surface area contributed by atoms with Gasteiger partial charge in [0.15, 0.2) is 0 Å². The molecule has 5 heteroatoms. The molecule has 282 valence electrons. The molecule has 2 aromatic heterocycles. The van der Waals surface area contributed by atoms with Crippen molar-refractivity contribution < 1.29 is 0 Å². The Balaban J connectivity index is 1.09. The second-order valence-electron chi connectivity index (χ2n) is 15.0. The molecule has 0 aliphatic heterocycles. The van der Waals surface area contributed by atoms with Gasteiger partial charge in [-0.25, -0.2) is 0 Å². The quantitative estimate of drug-likeness (QED) is 0.150. The lowest BCUT2D eigenvalue weighted by molar-refractivity contribution is 1.02. The smallest absolute Gasteiger partial charge is 0.0493 e. The Labute approximate surface area is 360 Å². The van der Waals surface area contributed by atoms with Crippen LogP contribution in [0.25, 0.3) is 58.6 Å². The summed E-state index contributed by atoms with van der Waals surface area (Å²) >= 11 is 7.80. The second kappa shape index (κ2) is 15.2. The fraction of sp³-hybridized carbons (Fsp3) is 0.0370. The first-order chi connectivity index (χ1) is 29.1. The summed E-state index contributed by atoms with van der Waals surface area (Å²) < 4.78 is 4.92. The van der Waals surface area contributed by atoms with Gasteiger partial charge in [-0.2, -0.15) is 0 Å². The van der Waals surface area contributed by atoms with Crippen molar-refractivity contribution >= 4 is 109 Å². The highest BCUT2D eigenvalue weighted by Gasteiger charge is 2.21. The van der Waals surface area contributed by atoms with Crippen molar-refractivity contribution in [1.29, 1.82) is 0 Å². The minimum Gasteiger partial charge on any atom is -0.310 e. The van der Waals surface area contributed by atoms with Gasteiger partial charge in [0.2, 0.25) is 0 Å². The summed E-state index contributed by atoms with van der Waals surface area (Å²) in [7, 11) is 0. The first-order valence-electron chi connectivity index (χ1n) is 20.0. The Morgan fingerprint density at radius 2 is 0.881 bits per heavy atom. The number of halogens is 1. The lowest BCUT2D eigenvalue weighted by Crippen LogP contribution is -2.13. The highest BCUT2D eigenvalue weighted by Crippen LogP contribution is 2.46. The molecule has 0 saturated heterocycles. The molecule has 8 aromatic carbocycles. The van der Waals surface area contributed by atoms with Gasteiger partial charge in [0.05, 0.1) is 0 Å². The molecular formula is C54H37BrN2S2. The molecule has 59 heavy (non-hydrogen) atoms. The minimum atomic E-state index is 1.00. The molecule has 0 spiro atoms. The van der Waals surface area contributed by atoms with E-state index in [0.717, 1.165) is 51.4 Å². The molecule has 2 heterocycles. The Kier molecular flexibility index (Phi) is 9.23. The van der Waals surface area contributed by atoms with E-state index in [-0.39, 0.29) is 0 Å². The topological polar surface area (TPSA) is 6.48 Å². The van der Waals surface area contributed by atoms with Gasteiger partial charge < -0.3 is 9.80 Å². The summed E-state index contributed by atoms with van der Waals surface area (Å²) in [5.41, 5.74) is 12.7. The molecule has 0 fully saturated rings. The van der Waals surface area contributed by atoms with Crippen LogP contribution in [0.4, 0.5) is 34.1 Å². The molecule has 10 aromatic rings. The van der Waals surface area contributed by atoms with Gasteiger partial charge in [-0.1, -0.05) is 131 Å². The zero-order valence-electron chi connectivity index (χ0n) is 32.1. The van der Waals surface area contributed by atoms with E-state index >= 15 is 0 Å². The van der Waals surface area contributed by atoms with E-state index in [4.69, 9.17) is 0 Å². The number of anilines is 6. The van der Waals surface area contributed by atoms with Crippen molar-refractivity contribution in [2.24, 2.45) is 0 Å². The monoisotopic (exact) mass is 856 g/mol. The van der Waals surface area contributed by atoms with Crippen LogP contribution in [0.3, 0.4) is 0 Å². The summed E-state index contributed by atoms with van der Waals surface area (Å²) in [6, 6.07) is 68.7. The van der Waals surface area contributed by atoms with E-state index < -0.39 is 0 Å². The zero-order chi connectivity index (χ0) is 39.3. The van der Waals surface area contributed by atoms with E-state index in [1.165, 1.54) is 63.0 Å². The molecule has 0 bridgehead atoms. The fourth-order valence-corrected chi connectivity index (χ4v) is 11.3. The highest BCUT2D eigenvalue weighted by atomic mass is 79.9. The van der Waals surface area contributed by atoms with E-state index in [1.807, 2.05) is 22.7 Å². The normalized spacial score (nSPS) is 12.3. The lowest BCUT2D eigenvalue weighted by atomic mass is 10.0. The third kappa shape index (κ3) is 6.75. The number of benzene rings is 8. The van der Waals surface area contributed by atoms with Crippen LogP contribution in [0.15, 0.2) is 199 Å². The molecule has 0 amide bonds. The molecule has 0 saturated carbocycles. The first-order valence-corrected chi connectivity index (χ1v) is 22.4. The molecule has 11 rings (SSSR count). The van der Waals surface area contributed by atoms with Gasteiger partial charge in [0, 0.05) is 73.7 Å². The van der Waals surface area contributed by atoms with Crippen LogP contribution in [0.5, 0.6) is 0 Å². The Hall–Kier alpha value is -6.24. The van der Waals surface area contributed by atoms with Crippen molar-refractivity contribution in [3.8, 4) is 22.3 Å². The predicted molar refractivity (Wildman–Crippen MR) is 260 cm³/mol. The zero-order valence-corrected chi connectivity index (χ0v) is 35.3. The van der Waals surface area contributed by atoms with Crippen molar-refractivity contribution in [1.82, 2.24) is 0 Å². The molecule has 1 aliphatic rings. The predicted octanol–water partition coefficient (Wildman–Crippen LogP) is 17.3. The Morgan fingerprint density at radius 3 is 1.49 bits per heavy atom. The maximum Gasteiger partial charge on any atom is 0.0493 e. The van der Waals surface area contributed by atoms with E-state index in [9.17, 15) is 0 Å². The van der Waals surface area contributed by atoms with Gasteiger partial charge >= 0.3 is 0 Å². The molecule has 0 atom stereocenters. The van der Waals surface area contributed by atoms with E-state index in [1.54, 1.807) is 0 Å². The lowest BCUT2D eigenvalue weighted by Gasteiger charge is -2.30. The van der Waals surface area contributed by atoms with Gasteiger partial charge in [-0.3, -0.25) is 0 Å². The molecule has 2 nitrogen and oxygen atoms in total. The Morgan fingerprint density at radius 1 is 0.390 bits per heavy atom. The van der Waals surface area contributed by atoms with E-state index in [2.05, 4.69) is 226 Å². The van der Waals surface area contributed by atoms with Crippen molar-refractivity contribution in [2.45, 2.75) is 12.8 Å². The van der Waals surface area contributed by atoms with Gasteiger partial charge in [-0.15, -0.1) is 22.7 Å². The maximum atomic E-state index is 4.01. The van der Waals surface area contributed by atoms with Crippen LogP contribution >= 0.6 is 38.6 Å². The average Bonchev–Trinajstić information content (AvgIpc) is 3.85. The van der Waals surface area contributed by atoms with Crippen molar-refractivity contribution in [3.05, 3.63) is 209 Å². The third-order valence-electron chi connectivity index (χ3n) is 11.3. The van der Waals surface area contributed by atoms with Crippen LogP contribution in [0, 0.1) is 0 Å². The van der Waals surface area contributed by atoms with Crippen LogP contribution in [0.1, 0.15) is 16.9 Å². The number of nitrogens with zero attached hydrogens (tertiary/aromatic N) is 2. The fourth-order valence-electron chi connectivity index (χ4n) is 8.51. The number of allylic oxidation sites excluding steroid dienone is 1. The van der Waals surface area contributed by atoms with Gasteiger partial charge in [-0.05, 0) is 126 Å². The summed E-state index contributed by atoms with van der Waals surface area (Å²) in [6.45, 7) is 0. The van der Waals surface area contributed by atoms with Gasteiger partial charge in [0.25, 0.3) is 0 Å². The van der Waals surface area contributed by atoms with Crippen molar-refractivity contribution in [2.75, 3.05) is 9.80 Å². The maximum absolute atomic E-state index is 4.01. The van der Waals surface area contributed by atoms with Crippen molar-refractivity contribution in [3.63, 3.8) is 0 Å². The van der Waals surface area contributed by atoms with Crippen LogP contribution in [-0.4, -0.2) is 0 Å². The number of thiophene rings is 2. The number of fused-ring (bicyclic) bond motifs is 6. The summed E-state index contributed by atoms with van der Waals surface area (Å²) in [5, 5.41) is 3.87. The summed E-state index contributed by atoms with van der Waals surface area (Å²) in [5.74, 6) is 0. The molecule has 1 aliphatic carbocycles. The number of hydrogen-bond acceptors (Lipinski definition) is 4. The molecule has 0 unspecified atom stereocenters. The standard InChI is InChI=1S/C54H37BrN2S2/c55-40-31-45(56(41-23-19-38(20-24-41)36-11-3-1-4-12-36)43-27-29-53-49(34-43)47-15-7-9-17-51(47)58-53)33-46(32-40)57(42-25-21-39(22-26-42)37-13-5-2-6-14-37)44-28-30-54-50(35-44)48-16-8-10-18-52(48)59-54/h1-9,11-17,19-35H,10,18H2. The van der Waals surface area contributed by atoms with Crippen LogP contribution in [-0.2, 0) is 6.42 Å². The second-order valence-corrected chi connectivity index (χ2v) is 18.1. The number of aryl methyl sites for hydroxylation is 1. The first kappa shape index (κ1) is 35.9. The number of rotatable bonds is 8. The Bertz CT molecular complexity index is 3160. The summed E-state index contributed by atoms with van der Waals surface area (Å²) in [4.78, 5) is 6.28. The molecular weight excluding hydrogens is 821 g/mol. The minimum absolute atomic E-state index is 1.00. The van der Waals surface area contributed by atoms with E-state index in [0.29, 0.717) is 0 Å². The largest absolute Gasteiger partial charge is 0.310 e. The van der Waals surface area contributed by atoms with Gasteiger partial charge in [0.1, 0.15) is 0 Å². The van der Waals surface area contributed by atoms with Crippen LogP contribution in [0.2, 0.25) is 0 Å². The molecule has 0 radical (unpaired) electrons. The highest BCUT2D eigenvalue weighted by molar-refractivity contribution is 9.10. The van der Waals surface area contributed by atoms with Crippen LogP contribution < -0.4 is 9.80 Å². The third-order valence-corrected chi connectivity index (χ3v) is 14.2. The SMILES string of the molecule is Brc1cc(N(c2ccc(-c3ccccc3)cc2)c2ccc3sc4c(c3c2)C=CCC4)cc(N(c2ccc(-c3ccccc3)cc2)c2ccc3sc4ccccc4c3c2)c1. The molecule has 0 N–H and O–H groups in total. The number of hydrogen-bond donors (Lipinski definition) is 0.